The second-order valence-electron chi connectivity index (χ2n) is 7.92. The standard InChI is InChI=1S/2C10H20.CH4.2CH3.2ClH.Zr/c2*1-3-4-5-10-7-6-9(2)8-10;;;;;;/h2*9-10H,3-8H2,1-2H3;1H4;2*1H3;2*1H;/q;;;2*-1;;;+4/p-2. The molecule has 4 unspecified atom stereocenters. The number of hydrogen-bond donors (Lipinski definition) is 0. The van der Waals surface area contributed by atoms with E-state index in [1.807, 2.05) is 0 Å². The van der Waals surface area contributed by atoms with Crippen molar-refractivity contribution in [1.29, 1.82) is 0 Å². The first kappa shape index (κ1) is 34.9. The third kappa shape index (κ3) is 20.2. The van der Waals surface area contributed by atoms with Gasteiger partial charge in [-0.05, 0) is 36.5 Å². The zero-order chi connectivity index (χ0) is 17.5. The van der Waals surface area contributed by atoms with Crippen LogP contribution in [-0.2, 0) is 20.8 Å². The molecule has 2 saturated carbocycles. The van der Waals surface area contributed by atoms with Crippen molar-refractivity contribution in [3.8, 4) is 0 Å². The fourth-order valence-corrected chi connectivity index (χ4v) is 4.16. The van der Waals surface area contributed by atoms with Crippen molar-refractivity contribution in [3.63, 3.8) is 0 Å². The molecule has 2 aliphatic carbocycles. The predicted molar refractivity (Wildman–Crippen MR) is 123 cm³/mol. The molecule has 2 rings (SSSR count). The summed E-state index contributed by atoms with van der Waals surface area (Å²) >= 11 is -0.826. The van der Waals surface area contributed by atoms with Crippen molar-refractivity contribution in [1.82, 2.24) is 0 Å². The van der Waals surface area contributed by atoms with Gasteiger partial charge in [-0.15, -0.1) is 0 Å². The van der Waals surface area contributed by atoms with E-state index in [9.17, 15) is 0 Å². The average Bonchev–Trinajstić information content (AvgIpc) is 3.13. The van der Waals surface area contributed by atoms with E-state index in [0.29, 0.717) is 0 Å². The molecule has 0 bridgehead atoms. The quantitative estimate of drug-likeness (QED) is 0.326. The van der Waals surface area contributed by atoms with Crippen molar-refractivity contribution in [2.45, 2.75) is 112 Å². The molecule has 0 aromatic heterocycles. The van der Waals surface area contributed by atoms with Crippen LogP contribution in [0.2, 0.25) is 0 Å². The van der Waals surface area contributed by atoms with Crippen LogP contribution in [-0.4, -0.2) is 0 Å². The number of hydrogen-bond acceptors (Lipinski definition) is 0. The molecule has 26 heavy (non-hydrogen) atoms. The van der Waals surface area contributed by atoms with Crippen molar-refractivity contribution in [3.05, 3.63) is 14.9 Å². The van der Waals surface area contributed by atoms with Crippen molar-refractivity contribution < 1.29 is 20.8 Å². The van der Waals surface area contributed by atoms with Crippen LogP contribution in [0.25, 0.3) is 0 Å². The Kier molecular flexibility index (Phi) is 32.9. The fraction of sp³-hybridized carbons (Fsp3) is 0.913. The van der Waals surface area contributed by atoms with Gasteiger partial charge in [-0.3, -0.25) is 0 Å². The molecule has 0 radical (unpaired) electrons. The van der Waals surface area contributed by atoms with Gasteiger partial charge in [0.2, 0.25) is 0 Å². The van der Waals surface area contributed by atoms with E-state index in [2.05, 4.69) is 27.7 Å². The molecule has 0 aromatic rings. The molecule has 0 aromatic carbocycles. The third-order valence-corrected chi connectivity index (χ3v) is 5.54. The van der Waals surface area contributed by atoms with Gasteiger partial charge >= 0.3 is 37.9 Å². The summed E-state index contributed by atoms with van der Waals surface area (Å²) in [6, 6.07) is 0. The summed E-state index contributed by atoms with van der Waals surface area (Å²) in [6.07, 6.45) is 17.7. The third-order valence-electron chi connectivity index (χ3n) is 5.54. The minimum atomic E-state index is -0.826. The molecule has 3 heteroatoms. The summed E-state index contributed by atoms with van der Waals surface area (Å²) in [7, 11) is 9.87. The topological polar surface area (TPSA) is 0 Å². The molecule has 0 amide bonds. The van der Waals surface area contributed by atoms with Gasteiger partial charge < -0.3 is 14.9 Å². The van der Waals surface area contributed by atoms with E-state index < -0.39 is 20.8 Å². The molecule has 2 aliphatic rings. The van der Waals surface area contributed by atoms with Crippen LogP contribution in [0.1, 0.15) is 112 Å². The molecule has 0 aliphatic heterocycles. The van der Waals surface area contributed by atoms with Crippen LogP contribution in [0.5, 0.6) is 0 Å². The molecule has 0 nitrogen and oxygen atoms in total. The Bertz CT molecular complexity index is 224. The molecule has 0 heterocycles. The Hall–Kier alpha value is 1.46. The Morgan fingerprint density at radius 2 is 1.04 bits per heavy atom. The van der Waals surface area contributed by atoms with E-state index in [4.69, 9.17) is 17.0 Å². The van der Waals surface area contributed by atoms with Crippen LogP contribution in [0.4, 0.5) is 0 Å². The first-order chi connectivity index (χ1) is 11.1. The van der Waals surface area contributed by atoms with Gasteiger partial charge in [-0.1, -0.05) is 99.3 Å². The van der Waals surface area contributed by atoms with Gasteiger partial charge in [-0.2, -0.15) is 0 Å². The Morgan fingerprint density at radius 1 is 0.731 bits per heavy atom. The second-order valence-corrected chi connectivity index (χ2v) is 11.7. The van der Waals surface area contributed by atoms with Crippen LogP contribution in [0, 0.1) is 38.5 Å². The van der Waals surface area contributed by atoms with Gasteiger partial charge in [0.1, 0.15) is 0 Å². The number of halogens is 2. The average molecular weight is 489 g/mol. The predicted octanol–water partition coefficient (Wildman–Crippen LogP) is 10.1. The first-order valence-corrected chi connectivity index (χ1v) is 16.4. The number of rotatable bonds is 6. The molecule has 0 spiro atoms. The van der Waals surface area contributed by atoms with Crippen molar-refractivity contribution in [2.75, 3.05) is 0 Å². The molecule has 0 saturated heterocycles. The molecule has 2 fully saturated rings. The molecule has 4 atom stereocenters. The van der Waals surface area contributed by atoms with Crippen LogP contribution in [0.15, 0.2) is 0 Å². The SMILES string of the molecule is C.CCCCC1CCC(C)C1.CCCCC1CCC(C)C1.[CH3-].[CH3-].[Cl][Zr+2][Cl]. The van der Waals surface area contributed by atoms with E-state index in [-0.39, 0.29) is 22.3 Å². The molecular formula is C23H50Cl2Zr. The van der Waals surface area contributed by atoms with Gasteiger partial charge in [0.15, 0.2) is 0 Å². The molecular weight excluding hydrogens is 438 g/mol. The maximum absolute atomic E-state index is 4.93. The van der Waals surface area contributed by atoms with Crippen LogP contribution >= 0.6 is 17.0 Å². The number of unbranched alkanes of at least 4 members (excludes halogenated alkanes) is 2. The van der Waals surface area contributed by atoms with Gasteiger partial charge in [0, 0.05) is 0 Å². The second kappa shape index (κ2) is 24.5. The van der Waals surface area contributed by atoms with E-state index >= 15 is 0 Å². The first-order valence-electron chi connectivity index (χ1n) is 10.0. The summed E-state index contributed by atoms with van der Waals surface area (Å²) in [4.78, 5) is 0. The van der Waals surface area contributed by atoms with Crippen LogP contribution < -0.4 is 0 Å². The van der Waals surface area contributed by atoms with E-state index in [0.717, 1.165) is 23.7 Å². The maximum atomic E-state index is 4.93. The van der Waals surface area contributed by atoms with E-state index in [1.165, 1.54) is 77.0 Å². The van der Waals surface area contributed by atoms with Gasteiger partial charge in [-0.25, -0.2) is 0 Å². The molecule has 160 valence electrons. The Labute approximate surface area is 187 Å². The van der Waals surface area contributed by atoms with E-state index in [1.54, 1.807) is 0 Å². The Balaban J connectivity index is -0.000000147. The minimum absolute atomic E-state index is 0. The van der Waals surface area contributed by atoms with Crippen molar-refractivity contribution in [2.24, 2.45) is 23.7 Å². The van der Waals surface area contributed by atoms with Crippen LogP contribution in [0.3, 0.4) is 0 Å². The molecule has 0 N–H and O–H groups in total. The Morgan fingerprint density at radius 3 is 1.23 bits per heavy atom. The summed E-state index contributed by atoms with van der Waals surface area (Å²) in [5.74, 6) is 4.24. The normalized spacial score (nSPS) is 25.8. The summed E-state index contributed by atoms with van der Waals surface area (Å²) in [5.41, 5.74) is 0. The van der Waals surface area contributed by atoms with Crippen molar-refractivity contribution >= 4 is 17.0 Å². The summed E-state index contributed by atoms with van der Waals surface area (Å²) in [5, 5.41) is 0. The zero-order valence-corrected chi connectivity index (χ0v) is 22.0. The summed E-state index contributed by atoms with van der Waals surface area (Å²) in [6.45, 7) is 9.37. The van der Waals surface area contributed by atoms with Gasteiger partial charge in [0.05, 0.1) is 0 Å². The summed E-state index contributed by atoms with van der Waals surface area (Å²) < 4.78 is 0. The van der Waals surface area contributed by atoms with Gasteiger partial charge in [0.25, 0.3) is 0 Å². The zero-order valence-electron chi connectivity index (χ0n) is 18.1. The monoisotopic (exact) mass is 486 g/mol. The fourth-order valence-electron chi connectivity index (χ4n) is 4.16.